The normalized spacial score (nSPS) is 23.6. The molecule has 1 fully saturated rings. The van der Waals surface area contributed by atoms with Crippen LogP contribution in [0.5, 0.6) is 0 Å². The minimum Gasteiger partial charge on any atom is -0.370 e. The van der Waals surface area contributed by atoms with E-state index in [2.05, 4.69) is 33.2 Å². The topological polar surface area (TPSA) is 84.3 Å². The summed E-state index contributed by atoms with van der Waals surface area (Å²) < 4.78 is 36.0. The summed E-state index contributed by atoms with van der Waals surface area (Å²) in [6, 6.07) is 3.02. The zero-order valence-electron chi connectivity index (χ0n) is 19.3. The quantitative estimate of drug-likeness (QED) is 0.408. The Balaban J connectivity index is 1.50. The largest absolute Gasteiger partial charge is 0.370 e. The molecule has 178 valence electrons. The van der Waals surface area contributed by atoms with Gasteiger partial charge in [0.2, 0.25) is 0 Å². The van der Waals surface area contributed by atoms with Crippen LogP contribution in [0.3, 0.4) is 0 Å². The van der Waals surface area contributed by atoms with Gasteiger partial charge in [0, 0.05) is 57.6 Å². The lowest BCUT2D eigenvalue weighted by Gasteiger charge is -2.38. The van der Waals surface area contributed by atoms with E-state index < -0.39 is 23.8 Å². The minimum absolute atomic E-state index is 0.0668. The number of amidine groups is 1. The lowest BCUT2D eigenvalue weighted by molar-refractivity contribution is -0.0535. The third-order valence-corrected chi connectivity index (χ3v) is 6.39. The van der Waals surface area contributed by atoms with Crippen LogP contribution in [0, 0.1) is 11.6 Å². The van der Waals surface area contributed by atoms with Crippen LogP contribution in [-0.2, 0) is 24.4 Å². The highest BCUT2D eigenvalue weighted by molar-refractivity contribution is 5.95. The molecule has 0 aliphatic carbocycles. The van der Waals surface area contributed by atoms with Gasteiger partial charge in [-0.3, -0.25) is 9.89 Å². The van der Waals surface area contributed by atoms with E-state index >= 15 is 0 Å². The Labute approximate surface area is 192 Å². The summed E-state index contributed by atoms with van der Waals surface area (Å²) >= 11 is 0. The number of benzene rings is 1. The summed E-state index contributed by atoms with van der Waals surface area (Å²) in [5, 5.41) is 5.63. The van der Waals surface area contributed by atoms with E-state index in [9.17, 15) is 8.78 Å². The maximum absolute atomic E-state index is 14.2. The second-order valence-electron chi connectivity index (χ2n) is 8.41. The number of hydrogen-bond donors (Lipinski definition) is 1. The van der Waals surface area contributed by atoms with E-state index in [1.165, 1.54) is 6.07 Å². The number of aliphatic imine (C=N–C) groups is 1. The standard InChI is InChI=1S/C23H31F2N7O/c1-5-28-22(30(4)27-3)23-29-19-11-31(12-20(19)32(23)6-2)15-10-18(26)21(33-13-15)16-9-14(24)7-8-17(16)25/h7-9,15,18,21H,3,5-6,10-13,26H2,1-2,4H3/t15?,18?,21-/m1/s1. The molecule has 0 amide bonds. The van der Waals surface area contributed by atoms with Gasteiger partial charge in [-0.05, 0) is 38.5 Å². The number of imidazole rings is 1. The van der Waals surface area contributed by atoms with Crippen molar-refractivity contribution in [2.45, 2.75) is 58.1 Å². The van der Waals surface area contributed by atoms with Crippen molar-refractivity contribution in [3.05, 3.63) is 52.6 Å². The fraction of sp³-hybridized carbons (Fsp3) is 0.522. The molecule has 0 saturated carbocycles. The first-order valence-electron chi connectivity index (χ1n) is 11.3. The maximum Gasteiger partial charge on any atom is 0.187 e. The zero-order valence-corrected chi connectivity index (χ0v) is 19.3. The molecule has 3 heterocycles. The van der Waals surface area contributed by atoms with Crippen LogP contribution < -0.4 is 5.73 Å². The number of fused-ring (bicyclic) bond motifs is 1. The van der Waals surface area contributed by atoms with Gasteiger partial charge in [-0.1, -0.05) is 0 Å². The van der Waals surface area contributed by atoms with E-state index in [1.54, 1.807) is 5.01 Å². The maximum atomic E-state index is 14.2. The first-order chi connectivity index (χ1) is 15.9. The lowest BCUT2D eigenvalue weighted by Crippen LogP contribution is -2.48. The van der Waals surface area contributed by atoms with Crippen molar-refractivity contribution in [3.63, 3.8) is 0 Å². The van der Waals surface area contributed by atoms with Crippen LogP contribution in [0.15, 0.2) is 28.3 Å². The fourth-order valence-corrected chi connectivity index (χ4v) is 4.74. The Morgan fingerprint density at radius 3 is 2.79 bits per heavy atom. The second kappa shape index (κ2) is 9.66. The Hall–Kier alpha value is -2.69. The number of hydrogen-bond acceptors (Lipinski definition) is 6. The fourth-order valence-electron chi connectivity index (χ4n) is 4.74. The first kappa shape index (κ1) is 23.5. The monoisotopic (exact) mass is 459 g/mol. The van der Waals surface area contributed by atoms with Crippen molar-refractivity contribution in [1.29, 1.82) is 0 Å². The Bertz CT molecular complexity index is 1050. The molecule has 2 N–H and O–H groups in total. The predicted octanol–water partition coefficient (Wildman–Crippen LogP) is 2.67. The van der Waals surface area contributed by atoms with Crippen molar-refractivity contribution in [3.8, 4) is 0 Å². The number of aromatic nitrogens is 2. The van der Waals surface area contributed by atoms with Crippen LogP contribution in [0.4, 0.5) is 8.78 Å². The number of halogens is 2. The van der Waals surface area contributed by atoms with E-state index in [-0.39, 0.29) is 11.6 Å². The molecular formula is C23H31F2N7O. The molecule has 3 atom stereocenters. The molecule has 8 nitrogen and oxygen atoms in total. The molecule has 0 bridgehead atoms. The average Bonchev–Trinajstić information content (AvgIpc) is 3.36. The van der Waals surface area contributed by atoms with Gasteiger partial charge in [0.25, 0.3) is 0 Å². The number of ether oxygens (including phenoxy) is 1. The Kier molecular flexibility index (Phi) is 6.87. The van der Waals surface area contributed by atoms with Crippen molar-refractivity contribution in [2.24, 2.45) is 15.8 Å². The Morgan fingerprint density at radius 1 is 1.33 bits per heavy atom. The highest BCUT2D eigenvalue weighted by atomic mass is 19.1. The second-order valence-corrected chi connectivity index (χ2v) is 8.41. The molecule has 2 aliphatic heterocycles. The van der Waals surface area contributed by atoms with Crippen LogP contribution in [0.25, 0.3) is 0 Å². The van der Waals surface area contributed by atoms with Crippen molar-refractivity contribution < 1.29 is 13.5 Å². The lowest BCUT2D eigenvalue weighted by atomic mass is 9.93. The molecule has 0 spiro atoms. The third kappa shape index (κ3) is 4.42. The van der Waals surface area contributed by atoms with Gasteiger partial charge < -0.3 is 15.0 Å². The smallest absolute Gasteiger partial charge is 0.187 e. The molecule has 4 rings (SSSR count). The molecule has 1 aromatic heterocycles. The molecule has 33 heavy (non-hydrogen) atoms. The Morgan fingerprint density at radius 2 is 2.12 bits per heavy atom. The molecule has 2 unspecified atom stereocenters. The highest BCUT2D eigenvalue weighted by Crippen LogP contribution is 2.34. The van der Waals surface area contributed by atoms with Crippen molar-refractivity contribution >= 4 is 12.6 Å². The summed E-state index contributed by atoms with van der Waals surface area (Å²) in [4.78, 5) is 11.8. The van der Waals surface area contributed by atoms with Crippen molar-refractivity contribution in [2.75, 3.05) is 20.2 Å². The van der Waals surface area contributed by atoms with Gasteiger partial charge >= 0.3 is 0 Å². The molecule has 1 aromatic carbocycles. The molecule has 2 aromatic rings. The van der Waals surface area contributed by atoms with Gasteiger partial charge in [-0.2, -0.15) is 5.10 Å². The molecule has 2 aliphatic rings. The summed E-state index contributed by atoms with van der Waals surface area (Å²) in [5.74, 6) is 0.484. The number of nitrogens with two attached hydrogens (primary N) is 1. The summed E-state index contributed by atoms with van der Waals surface area (Å²) in [6.45, 7) is 10.8. The van der Waals surface area contributed by atoms with E-state index in [0.717, 1.165) is 35.9 Å². The number of nitrogens with zero attached hydrogens (tertiary/aromatic N) is 6. The summed E-state index contributed by atoms with van der Waals surface area (Å²) in [6.07, 6.45) is -0.0406. The van der Waals surface area contributed by atoms with Crippen LogP contribution >= 0.6 is 0 Å². The van der Waals surface area contributed by atoms with Crippen LogP contribution in [0.1, 0.15) is 49.1 Å². The van der Waals surface area contributed by atoms with Gasteiger partial charge in [0.1, 0.15) is 17.7 Å². The number of hydrazone groups is 1. The van der Waals surface area contributed by atoms with Crippen molar-refractivity contribution in [1.82, 2.24) is 19.5 Å². The van der Waals surface area contributed by atoms with E-state index in [4.69, 9.17) is 15.5 Å². The predicted molar refractivity (Wildman–Crippen MR) is 123 cm³/mol. The molecule has 0 radical (unpaired) electrons. The minimum atomic E-state index is -0.661. The third-order valence-electron chi connectivity index (χ3n) is 6.39. The summed E-state index contributed by atoms with van der Waals surface area (Å²) in [7, 11) is 1.81. The summed E-state index contributed by atoms with van der Waals surface area (Å²) in [5.41, 5.74) is 8.69. The van der Waals surface area contributed by atoms with Gasteiger partial charge in [-0.15, -0.1) is 0 Å². The molecule has 10 heteroatoms. The molecular weight excluding hydrogens is 428 g/mol. The van der Waals surface area contributed by atoms with Gasteiger partial charge in [0.15, 0.2) is 11.7 Å². The van der Waals surface area contributed by atoms with Gasteiger partial charge in [-0.25, -0.2) is 18.8 Å². The van der Waals surface area contributed by atoms with E-state index in [0.29, 0.717) is 38.5 Å². The van der Waals surface area contributed by atoms with Crippen LogP contribution in [0.2, 0.25) is 0 Å². The zero-order chi connectivity index (χ0) is 23.7. The number of rotatable bonds is 6. The van der Waals surface area contributed by atoms with Crippen LogP contribution in [-0.4, -0.2) is 64.3 Å². The van der Waals surface area contributed by atoms with E-state index in [1.807, 2.05) is 14.0 Å². The SMILES string of the molecule is C=NN(C)C(=NCC)c1nc2c(n1CC)CN(C1CO[C@H](c3cc(F)ccc3F)C(N)C1)C2. The molecule has 1 saturated heterocycles. The first-order valence-corrected chi connectivity index (χ1v) is 11.3. The average molecular weight is 460 g/mol. The van der Waals surface area contributed by atoms with Gasteiger partial charge in [0.05, 0.1) is 18.0 Å². The highest BCUT2D eigenvalue weighted by Gasteiger charge is 2.38.